The zero-order chi connectivity index (χ0) is 28.2. The molecule has 40 heavy (non-hydrogen) atoms. The molecule has 5 aromatic rings. The number of nitrogens with zero attached hydrogens (tertiary/aromatic N) is 2. The van der Waals surface area contributed by atoms with Crippen LogP contribution in [0.25, 0.3) is 21.7 Å². The van der Waals surface area contributed by atoms with Gasteiger partial charge in [0.2, 0.25) is 5.91 Å². The van der Waals surface area contributed by atoms with E-state index >= 15 is 0 Å². The number of para-hydroxylation sites is 1. The maximum atomic E-state index is 13.0. The summed E-state index contributed by atoms with van der Waals surface area (Å²) < 4.78 is 6.05. The molecule has 5 rings (SSSR count). The third kappa shape index (κ3) is 5.81. The molecule has 0 saturated carbocycles. The van der Waals surface area contributed by atoms with Crippen LogP contribution in [0.5, 0.6) is 5.75 Å². The summed E-state index contributed by atoms with van der Waals surface area (Å²) in [4.78, 5) is 31.5. The summed E-state index contributed by atoms with van der Waals surface area (Å²) in [7, 11) is 1.59. The molecule has 202 valence electrons. The maximum Gasteiger partial charge on any atom is 0.319 e. The first-order valence-electron chi connectivity index (χ1n) is 12.6. The molecule has 0 bridgehead atoms. The molecule has 2 N–H and O–H groups in total. The van der Waals surface area contributed by atoms with Gasteiger partial charge in [0.15, 0.2) is 0 Å². The van der Waals surface area contributed by atoms with Crippen molar-refractivity contribution in [3.63, 3.8) is 0 Å². The number of hydrogen-bond donors (Lipinski definition) is 2. The molecule has 0 aliphatic rings. The van der Waals surface area contributed by atoms with E-state index in [4.69, 9.17) is 27.9 Å². The third-order valence-corrected chi connectivity index (χ3v) is 7.36. The average Bonchev–Trinajstić information content (AvgIpc) is 2.96. The number of hydrogen-bond acceptors (Lipinski definition) is 4. The predicted octanol–water partition coefficient (Wildman–Crippen LogP) is 7.37. The van der Waals surface area contributed by atoms with Crippen LogP contribution in [0.4, 0.5) is 16.2 Å². The fraction of sp³-hybridized carbons (Fsp3) is 0.129. The van der Waals surface area contributed by atoms with E-state index < -0.39 is 6.03 Å². The molecule has 0 aliphatic heterocycles. The molecule has 3 amide bonds. The second-order valence-electron chi connectivity index (χ2n) is 9.20. The van der Waals surface area contributed by atoms with Crippen molar-refractivity contribution in [3.8, 4) is 5.75 Å². The average molecular weight is 573 g/mol. The highest BCUT2D eigenvalue weighted by Crippen LogP contribution is 2.35. The Balaban J connectivity index is 1.25. The zero-order valence-corrected chi connectivity index (χ0v) is 23.4. The molecule has 9 heteroatoms. The van der Waals surface area contributed by atoms with Crippen LogP contribution in [0, 0.1) is 6.92 Å². The van der Waals surface area contributed by atoms with Crippen LogP contribution >= 0.6 is 23.2 Å². The van der Waals surface area contributed by atoms with Gasteiger partial charge in [-0.3, -0.25) is 4.79 Å². The highest BCUT2D eigenvalue weighted by Gasteiger charge is 2.20. The molecular weight excluding hydrogens is 547 g/mol. The Morgan fingerprint density at radius 3 is 2.48 bits per heavy atom. The first-order valence-corrected chi connectivity index (χ1v) is 13.3. The van der Waals surface area contributed by atoms with Crippen molar-refractivity contribution in [2.45, 2.75) is 13.5 Å². The van der Waals surface area contributed by atoms with Gasteiger partial charge in [0.1, 0.15) is 12.4 Å². The Morgan fingerprint density at radius 2 is 1.65 bits per heavy atom. The van der Waals surface area contributed by atoms with Crippen LogP contribution in [0.2, 0.25) is 10.0 Å². The van der Waals surface area contributed by atoms with Gasteiger partial charge in [0.25, 0.3) is 0 Å². The number of fused-ring (bicyclic) bond motifs is 2. The van der Waals surface area contributed by atoms with Gasteiger partial charge in [-0.25, -0.2) is 9.78 Å². The minimum absolute atomic E-state index is 0.0834. The lowest BCUT2D eigenvalue weighted by Gasteiger charge is -2.21. The number of rotatable bonds is 7. The predicted molar refractivity (Wildman–Crippen MR) is 162 cm³/mol. The molecule has 0 radical (unpaired) electrons. The Kier molecular flexibility index (Phi) is 8.05. The van der Waals surface area contributed by atoms with E-state index in [1.807, 2.05) is 79.7 Å². The van der Waals surface area contributed by atoms with Crippen molar-refractivity contribution in [1.82, 2.24) is 10.3 Å². The van der Waals surface area contributed by atoms with Gasteiger partial charge in [-0.05, 0) is 42.6 Å². The number of halogens is 2. The number of ether oxygens (including phenoxy) is 1. The molecule has 0 unspecified atom stereocenters. The fourth-order valence-electron chi connectivity index (χ4n) is 4.38. The SMILES string of the molecule is Cc1nc2ccccc2cc1OCc1c(Cl)ccc(N(C)C(=O)CNC(=O)Nc2cccc3ccccc23)c1Cl. The summed E-state index contributed by atoms with van der Waals surface area (Å²) in [6.07, 6.45) is 0. The summed E-state index contributed by atoms with van der Waals surface area (Å²) in [6.45, 7) is 1.72. The Morgan fingerprint density at radius 1 is 0.925 bits per heavy atom. The number of carbonyl (C=O) groups is 2. The van der Waals surface area contributed by atoms with Gasteiger partial charge < -0.3 is 20.3 Å². The van der Waals surface area contributed by atoms with Crippen LogP contribution in [-0.2, 0) is 11.4 Å². The van der Waals surface area contributed by atoms with Gasteiger partial charge in [-0.15, -0.1) is 0 Å². The molecule has 0 atom stereocenters. The Hall–Kier alpha value is -4.33. The van der Waals surface area contributed by atoms with Crippen molar-refractivity contribution in [3.05, 3.63) is 106 Å². The lowest BCUT2D eigenvalue weighted by molar-refractivity contribution is -0.117. The molecule has 4 aromatic carbocycles. The van der Waals surface area contributed by atoms with E-state index in [1.54, 1.807) is 19.2 Å². The number of amides is 3. The van der Waals surface area contributed by atoms with Crippen LogP contribution in [0.15, 0.2) is 84.9 Å². The van der Waals surface area contributed by atoms with E-state index in [0.717, 1.165) is 27.4 Å². The molecule has 1 aromatic heterocycles. The van der Waals surface area contributed by atoms with Gasteiger partial charge >= 0.3 is 6.03 Å². The second-order valence-corrected chi connectivity index (χ2v) is 9.98. The number of aromatic nitrogens is 1. The van der Waals surface area contributed by atoms with Gasteiger partial charge in [0.05, 0.1) is 34.2 Å². The number of anilines is 2. The molecule has 0 aliphatic carbocycles. The minimum Gasteiger partial charge on any atom is -0.487 e. The zero-order valence-electron chi connectivity index (χ0n) is 21.9. The van der Waals surface area contributed by atoms with Crippen LogP contribution in [0.1, 0.15) is 11.3 Å². The summed E-state index contributed by atoms with van der Waals surface area (Å²) in [6, 6.07) is 25.9. The minimum atomic E-state index is -0.492. The van der Waals surface area contributed by atoms with Crippen molar-refractivity contribution < 1.29 is 14.3 Å². The number of likely N-dealkylation sites (N-methyl/N-ethyl adjacent to an activating group) is 1. The fourth-order valence-corrected chi connectivity index (χ4v) is 4.98. The third-order valence-electron chi connectivity index (χ3n) is 6.58. The topological polar surface area (TPSA) is 83.6 Å². The Bertz CT molecular complexity index is 1740. The monoisotopic (exact) mass is 572 g/mol. The first kappa shape index (κ1) is 27.2. The smallest absolute Gasteiger partial charge is 0.319 e. The number of pyridine rings is 1. The Labute approximate surface area is 241 Å². The first-order chi connectivity index (χ1) is 19.3. The molecule has 0 spiro atoms. The lowest BCUT2D eigenvalue weighted by Crippen LogP contribution is -2.40. The quantitative estimate of drug-likeness (QED) is 0.213. The van der Waals surface area contributed by atoms with Crippen molar-refractivity contribution in [1.29, 1.82) is 0 Å². The molecule has 0 fully saturated rings. The summed E-state index contributed by atoms with van der Waals surface area (Å²) in [5.41, 5.74) is 3.25. The summed E-state index contributed by atoms with van der Waals surface area (Å²) in [5.74, 6) is 0.251. The lowest BCUT2D eigenvalue weighted by atomic mass is 10.1. The van der Waals surface area contributed by atoms with Crippen LogP contribution in [0.3, 0.4) is 0 Å². The van der Waals surface area contributed by atoms with Crippen LogP contribution in [-0.4, -0.2) is 30.5 Å². The van der Waals surface area contributed by atoms with Crippen molar-refractivity contribution in [2.75, 3.05) is 23.8 Å². The van der Waals surface area contributed by atoms with Crippen LogP contribution < -0.4 is 20.3 Å². The number of benzene rings is 4. The highest BCUT2D eigenvalue weighted by molar-refractivity contribution is 6.38. The summed E-state index contributed by atoms with van der Waals surface area (Å²) >= 11 is 13.2. The van der Waals surface area contributed by atoms with E-state index in [0.29, 0.717) is 27.7 Å². The number of nitrogens with one attached hydrogen (secondary N) is 2. The van der Waals surface area contributed by atoms with Gasteiger partial charge in [-0.2, -0.15) is 0 Å². The number of urea groups is 1. The number of carbonyl (C=O) groups excluding carboxylic acids is 2. The largest absolute Gasteiger partial charge is 0.487 e. The standard InChI is InChI=1S/C31H26Cl2N4O3/c1-19-28(16-21-9-4-6-12-25(21)35-19)40-18-23-24(32)14-15-27(30(23)33)37(2)29(38)17-34-31(39)36-26-13-7-10-20-8-3-5-11-22(20)26/h3-16H,17-18H2,1-2H3,(H2,34,36,39). The van der Waals surface area contributed by atoms with E-state index in [2.05, 4.69) is 15.6 Å². The second kappa shape index (κ2) is 11.8. The van der Waals surface area contributed by atoms with E-state index in [9.17, 15) is 9.59 Å². The van der Waals surface area contributed by atoms with Gasteiger partial charge in [-0.1, -0.05) is 77.8 Å². The normalized spacial score (nSPS) is 10.9. The van der Waals surface area contributed by atoms with Crippen molar-refractivity contribution in [2.24, 2.45) is 0 Å². The van der Waals surface area contributed by atoms with Gasteiger partial charge in [0, 0.05) is 28.4 Å². The molecule has 0 saturated heterocycles. The van der Waals surface area contributed by atoms with E-state index in [-0.39, 0.29) is 24.1 Å². The maximum absolute atomic E-state index is 13.0. The number of aryl methyl sites for hydroxylation is 1. The molecular formula is C31H26Cl2N4O3. The highest BCUT2D eigenvalue weighted by atomic mass is 35.5. The molecule has 7 nitrogen and oxygen atoms in total. The molecule has 1 heterocycles. The van der Waals surface area contributed by atoms with E-state index in [1.165, 1.54) is 4.90 Å². The summed E-state index contributed by atoms with van der Waals surface area (Å²) in [5, 5.41) is 8.98. The van der Waals surface area contributed by atoms with Crippen molar-refractivity contribution >= 4 is 68.2 Å².